The van der Waals surface area contributed by atoms with Crippen molar-refractivity contribution in [1.29, 1.82) is 0 Å². The van der Waals surface area contributed by atoms with Crippen molar-refractivity contribution in [3.8, 4) is 0 Å². The van der Waals surface area contributed by atoms with Crippen molar-refractivity contribution in [1.82, 2.24) is 0 Å². The summed E-state index contributed by atoms with van der Waals surface area (Å²) in [5, 5.41) is 0. The molecule has 1 atom stereocenters. The number of benzene rings is 1. The highest BCUT2D eigenvalue weighted by molar-refractivity contribution is 9.10. The molecule has 1 aliphatic heterocycles. The molecule has 0 spiro atoms. The molecule has 4 nitrogen and oxygen atoms in total. The lowest BCUT2D eigenvalue weighted by Crippen LogP contribution is -2.37. The van der Waals surface area contributed by atoms with E-state index < -0.39 is 11.3 Å². The Morgan fingerprint density at radius 3 is 2.33 bits per heavy atom. The Kier molecular flexibility index (Phi) is 3.69. The van der Waals surface area contributed by atoms with Crippen molar-refractivity contribution in [2.24, 2.45) is 11.3 Å². The molecule has 1 saturated carbocycles. The number of aldehydes is 1. The standard InChI is InChI=1S/C16H16BrNO3/c17-11-3-5-12(6-4-11)18-14(20)9-13(15(18)21)16(10-19)7-1-2-8-16/h3-6,10,13H,1-2,7-9H2/t13-/m1/s1. The third kappa shape index (κ3) is 2.33. The Bertz CT molecular complexity index is 590. The minimum Gasteiger partial charge on any atom is -0.303 e. The molecule has 1 aromatic carbocycles. The van der Waals surface area contributed by atoms with Gasteiger partial charge in [-0.05, 0) is 37.1 Å². The molecule has 3 rings (SSSR count). The molecule has 0 radical (unpaired) electrons. The molecule has 0 bridgehead atoms. The van der Waals surface area contributed by atoms with Gasteiger partial charge in [-0.3, -0.25) is 14.5 Å². The second-order valence-corrected chi connectivity index (χ2v) is 6.77. The van der Waals surface area contributed by atoms with Crippen molar-refractivity contribution >= 4 is 39.7 Å². The van der Waals surface area contributed by atoms with Crippen LogP contribution >= 0.6 is 15.9 Å². The molecule has 1 saturated heterocycles. The van der Waals surface area contributed by atoms with Crippen LogP contribution in [0.3, 0.4) is 0 Å². The minimum atomic E-state index is -0.628. The lowest BCUT2D eigenvalue weighted by Gasteiger charge is -2.27. The van der Waals surface area contributed by atoms with Crippen LogP contribution in [-0.2, 0) is 14.4 Å². The first-order valence-electron chi connectivity index (χ1n) is 7.16. The van der Waals surface area contributed by atoms with E-state index in [4.69, 9.17) is 0 Å². The highest BCUT2D eigenvalue weighted by atomic mass is 79.9. The Balaban J connectivity index is 1.92. The molecule has 0 N–H and O–H groups in total. The first-order chi connectivity index (χ1) is 10.1. The minimum absolute atomic E-state index is 0.146. The average molecular weight is 350 g/mol. The van der Waals surface area contributed by atoms with Gasteiger partial charge in [0.15, 0.2) is 0 Å². The Labute approximate surface area is 131 Å². The number of rotatable bonds is 3. The van der Waals surface area contributed by atoms with E-state index in [0.717, 1.165) is 23.6 Å². The summed E-state index contributed by atoms with van der Waals surface area (Å²) in [4.78, 5) is 37.8. The lowest BCUT2D eigenvalue weighted by molar-refractivity contribution is -0.130. The number of nitrogens with zero attached hydrogens (tertiary/aromatic N) is 1. The van der Waals surface area contributed by atoms with Crippen molar-refractivity contribution in [2.45, 2.75) is 32.1 Å². The summed E-state index contributed by atoms with van der Waals surface area (Å²) in [5.41, 5.74) is -0.0496. The van der Waals surface area contributed by atoms with Crippen LogP contribution in [0.5, 0.6) is 0 Å². The van der Waals surface area contributed by atoms with E-state index in [1.54, 1.807) is 24.3 Å². The fourth-order valence-electron chi connectivity index (χ4n) is 3.52. The Morgan fingerprint density at radius 2 is 1.76 bits per heavy atom. The monoisotopic (exact) mass is 349 g/mol. The largest absolute Gasteiger partial charge is 0.303 e. The SMILES string of the molecule is O=CC1([C@@H]2CC(=O)N(c3ccc(Br)cc3)C2=O)CCCC1. The normalized spacial score (nSPS) is 24.6. The number of carbonyl (C=O) groups excluding carboxylic acids is 3. The molecule has 2 aliphatic rings. The molecule has 21 heavy (non-hydrogen) atoms. The summed E-state index contributed by atoms with van der Waals surface area (Å²) in [6, 6.07) is 7.08. The van der Waals surface area contributed by atoms with Gasteiger partial charge in [-0.2, -0.15) is 0 Å². The number of carbonyl (C=O) groups is 3. The molecule has 1 heterocycles. The van der Waals surface area contributed by atoms with Crippen LogP contribution in [0.2, 0.25) is 0 Å². The average Bonchev–Trinajstić information content (AvgIpc) is 3.06. The van der Waals surface area contributed by atoms with Crippen molar-refractivity contribution in [2.75, 3.05) is 4.90 Å². The lowest BCUT2D eigenvalue weighted by atomic mass is 9.74. The molecule has 1 aliphatic carbocycles. The van der Waals surface area contributed by atoms with Gasteiger partial charge >= 0.3 is 0 Å². The number of hydrogen-bond donors (Lipinski definition) is 0. The summed E-state index contributed by atoms with van der Waals surface area (Å²) in [6.07, 6.45) is 4.40. The predicted octanol–water partition coefficient (Wildman–Crippen LogP) is 3.09. The molecule has 0 unspecified atom stereocenters. The second-order valence-electron chi connectivity index (χ2n) is 5.86. The van der Waals surface area contributed by atoms with Gasteiger partial charge in [-0.25, -0.2) is 0 Å². The number of imide groups is 1. The van der Waals surface area contributed by atoms with Gasteiger partial charge in [0.25, 0.3) is 0 Å². The van der Waals surface area contributed by atoms with Crippen LogP contribution in [0.15, 0.2) is 28.7 Å². The third-order valence-corrected chi connectivity index (χ3v) is 5.22. The highest BCUT2D eigenvalue weighted by Gasteiger charge is 2.52. The van der Waals surface area contributed by atoms with Crippen LogP contribution in [0.1, 0.15) is 32.1 Å². The molecule has 1 aromatic rings. The van der Waals surface area contributed by atoms with E-state index in [0.29, 0.717) is 18.5 Å². The van der Waals surface area contributed by atoms with E-state index >= 15 is 0 Å². The number of amides is 2. The van der Waals surface area contributed by atoms with E-state index in [2.05, 4.69) is 15.9 Å². The summed E-state index contributed by atoms with van der Waals surface area (Å²) < 4.78 is 0.891. The van der Waals surface area contributed by atoms with Gasteiger partial charge in [-0.15, -0.1) is 0 Å². The Morgan fingerprint density at radius 1 is 1.14 bits per heavy atom. The van der Waals surface area contributed by atoms with E-state index in [-0.39, 0.29) is 18.2 Å². The highest BCUT2D eigenvalue weighted by Crippen LogP contribution is 2.47. The van der Waals surface area contributed by atoms with Gasteiger partial charge in [0.05, 0.1) is 11.6 Å². The molecular weight excluding hydrogens is 334 g/mol. The summed E-state index contributed by atoms with van der Waals surface area (Å²) in [6.45, 7) is 0. The van der Waals surface area contributed by atoms with Gasteiger partial charge in [-0.1, -0.05) is 28.8 Å². The van der Waals surface area contributed by atoms with E-state index in [9.17, 15) is 14.4 Å². The van der Waals surface area contributed by atoms with Gasteiger partial charge in [0.2, 0.25) is 11.8 Å². The molecule has 0 aromatic heterocycles. The quantitative estimate of drug-likeness (QED) is 0.622. The maximum absolute atomic E-state index is 12.7. The topological polar surface area (TPSA) is 54.5 Å². The van der Waals surface area contributed by atoms with Crippen LogP contribution in [0, 0.1) is 11.3 Å². The third-order valence-electron chi connectivity index (χ3n) is 4.69. The second kappa shape index (κ2) is 5.37. The summed E-state index contributed by atoms with van der Waals surface area (Å²) in [7, 11) is 0. The summed E-state index contributed by atoms with van der Waals surface area (Å²) in [5.74, 6) is -0.926. The van der Waals surface area contributed by atoms with Crippen LogP contribution in [0.25, 0.3) is 0 Å². The summed E-state index contributed by atoms with van der Waals surface area (Å²) >= 11 is 3.34. The van der Waals surface area contributed by atoms with Crippen molar-refractivity contribution in [3.63, 3.8) is 0 Å². The molecule has 110 valence electrons. The number of halogens is 1. The van der Waals surface area contributed by atoms with E-state index in [1.165, 1.54) is 4.90 Å². The molecule has 5 heteroatoms. The van der Waals surface area contributed by atoms with Crippen molar-refractivity contribution in [3.05, 3.63) is 28.7 Å². The number of hydrogen-bond acceptors (Lipinski definition) is 3. The fourth-order valence-corrected chi connectivity index (χ4v) is 3.79. The first-order valence-corrected chi connectivity index (χ1v) is 7.95. The van der Waals surface area contributed by atoms with E-state index in [1.807, 2.05) is 0 Å². The van der Waals surface area contributed by atoms with Crippen LogP contribution in [0.4, 0.5) is 5.69 Å². The van der Waals surface area contributed by atoms with Gasteiger partial charge < -0.3 is 4.79 Å². The van der Waals surface area contributed by atoms with Gasteiger partial charge in [0.1, 0.15) is 6.29 Å². The maximum atomic E-state index is 12.7. The smallest absolute Gasteiger partial charge is 0.238 e. The number of anilines is 1. The van der Waals surface area contributed by atoms with Crippen molar-refractivity contribution < 1.29 is 14.4 Å². The maximum Gasteiger partial charge on any atom is 0.238 e. The zero-order chi connectivity index (χ0) is 15.0. The van der Waals surface area contributed by atoms with Crippen LogP contribution < -0.4 is 4.90 Å². The zero-order valence-electron chi connectivity index (χ0n) is 11.5. The Hall–Kier alpha value is -1.49. The predicted molar refractivity (Wildman–Crippen MR) is 81.7 cm³/mol. The molecular formula is C16H16BrNO3. The molecule has 2 amide bonds. The first kappa shape index (κ1) is 14.4. The van der Waals surface area contributed by atoms with Gasteiger partial charge in [0, 0.05) is 16.3 Å². The fraction of sp³-hybridized carbons (Fsp3) is 0.438. The molecule has 2 fully saturated rings. The zero-order valence-corrected chi connectivity index (χ0v) is 13.1. The van der Waals surface area contributed by atoms with Crippen LogP contribution in [-0.4, -0.2) is 18.1 Å².